The predicted octanol–water partition coefficient (Wildman–Crippen LogP) is 2.47. The Bertz CT molecular complexity index is 642. The zero-order valence-corrected chi connectivity index (χ0v) is 14.7. The maximum atomic E-state index is 13.0. The van der Waals surface area contributed by atoms with Crippen molar-refractivity contribution >= 4 is 11.9 Å². The second-order valence-electron chi connectivity index (χ2n) is 7.72. The van der Waals surface area contributed by atoms with E-state index >= 15 is 0 Å². The molecule has 3 fully saturated rings. The molecule has 2 aliphatic heterocycles. The molecule has 1 N–H and O–H groups in total. The van der Waals surface area contributed by atoms with Crippen molar-refractivity contribution in [1.82, 2.24) is 14.9 Å². The number of carbonyl (C=O) groups is 1. The fourth-order valence-corrected chi connectivity index (χ4v) is 4.28. The van der Waals surface area contributed by atoms with Crippen LogP contribution in [-0.2, 0) is 9.53 Å². The molecule has 3 heterocycles. The van der Waals surface area contributed by atoms with Crippen LogP contribution in [0.4, 0.5) is 14.7 Å². The summed E-state index contributed by atoms with van der Waals surface area (Å²) < 4.78 is 32.1. The number of likely N-dealkylation sites (tertiary alicyclic amines) is 1. The summed E-state index contributed by atoms with van der Waals surface area (Å²) in [6, 6.07) is 2.01. The number of anilines is 1. The number of hydrogen-bond acceptors (Lipinski definition) is 5. The zero-order chi connectivity index (χ0) is 18.2. The topological polar surface area (TPSA) is 67.4 Å². The fourth-order valence-electron chi connectivity index (χ4n) is 4.28. The molecule has 1 saturated carbocycles. The number of alkyl halides is 2. The normalized spacial score (nSPS) is 27.8. The Hall–Kier alpha value is -1.83. The lowest BCUT2D eigenvalue weighted by molar-refractivity contribution is -0.166. The maximum Gasteiger partial charge on any atom is 0.249 e. The van der Waals surface area contributed by atoms with Crippen molar-refractivity contribution in [2.75, 3.05) is 25.0 Å². The maximum absolute atomic E-state index is 13.0. The van der Waals surface area contributed by atoms with E-state index < -0.39 is 11.8 Å². The smallest absolute Gasteiger partial charge is 0.249 e. The first-order valence-corrected chi connectivity index (χ1v) is 9.29. The van der Waals surface area contributed by atoms with Crippen LogP contribution < -0.4 is 5.32 Å². The van der Waals surface area contributed by atoms with E-state index in [1.165, 1.54) is 0 Å². The minimum atomic E-state index is -2.65. The van der Waals surface area contributed by atoms with Gasteiger partial charge >= 0.3 is 0 Å². The van der Waals surface area contributed by atoms with Gasteiger partial charge in [0.25, 0.3) is 0 Å². The highest BCUT2D eigenvalue weighted by atomic mass is 19.3. The van der Waals surface area contributed by atoms with Crippen LogP contribution >= 0.6 is 0 Å². The van der Waals surface area contributed by atoms with Crippen LogP contribution in [0.15, 0.2) is 18.5 Å². The van der Waals surface area contributed by atoms with Crippen LogP contribution in [0.3, 0.4) is 0 Å². The Kier molecular flexibility index (Phi) is 4.54. The molecule has 8 heteroatoms. The van der Waals surface area contributed by atoms with Crippen molar-refractivity contribution < 1.29 is 18.3 Å². The first-order valence-electron chi connectivity index (χ1n) is 9.29. The van der Waals surface area contributed by atoms with Crippen LogP contribution in [-0.4, -0.2) is 58.0 Å². The summed E-state index contributed by atoms with van der Waals surface area (Å²) in [5.41, 5.74) is -0.245. The number of piperidine rings is 1. The Morgan fingerprint density at radius 1 is 1.19 bits per heavy atom. The summed E-state index contributed by atoms with van der Waals surface area (Å²) in [5, 5.41) is 3.37. The Morgan fingerprint density at radius 3 is 2.54 bits per heavy atom. The van der Waals surface area contributed by atoms with E-state index in [1.54, 1.807) is 23.4 Å². The summed E-state index contributed by atoms with van der Waals surface area (Å²) in [6.07, 6.45) is 6.04. The van der Waals surface area contributed by atoms with Crippen LogP contribution in [0.5, 0.6) is 0 Å². The minimum Gasteiger partial charge on any atom is -0.375 e. The van der Waals surface area contributed by atoms with Crippen molar-refractivity contribution in [1.29, 1.82) is 0 Å². The molecule has 1 aliphatic carbocycles. The average Bonchev–Trinajstić information content (AvgIpc) is 2.61. The van der Waals surface area contributed by atoms with Gasteiger partial charge in [0.05, 0.1) is 5.60 Å². The molecule has 1 unspecified atom stereocenters. The lowest BCUT2D eigenvalue weighted by Crippen LogP contribution is -2.55. The summed E-state index contributed by atoms with van der Waals surface area (Å²) in [4.78, 5) is 22.5. The molecule has 26 heavy (non-hydrogen) atoms. The third kappa shape index (κ3) is 3.65. The van der Waals surface area contributed by atoms with E-state index in [1.807, 2.05) is 0 Å². The molecule has 0 bridgehead atoms. The van der Waals surface area contributed by atoms with Gasteiger partial charge in [0.1, 0.15) is 0 Å². The molecular formula is C18H24F2N4O2. The van der Waals surface area contributed by atoms with Gasteiger partial charge in [-0.1, -0.05) is 0 Å². The number of nitrogens with one attached hydrogen (secondary N) is 1. The van der Waals surface area contributed by atoms with Gasteiger partial charge in [-0.25, -0.2) is 18.7 Å². The number of aromatic nitrogens is 2. The van der Waals surface area contributed by atoms with Crippen LogP contribution in [0.1, 0.15) is 38.5 Å². The quantitative estimate of drug-likeness (QED) is 0.890. The first kappa shape index (κ1) is 17.6. The summed E-state index contributed by atoms with van der Waals surface area (Å²) in [7, 11) is 0. The minimum absolute atomic E-state index is 0.117. The van der Waals surface area contributed by atoms with Gasteiger partial charge < -0.3 is 15.0 Å². The average molecular weight is 366 g/mol. The molecule has 1 aromatic heterocycles. The molecule has 142 valence electrons. The van der Waals surface area contributed by atoms with Crippen molar-refractivity contribution in [3.63, 3.8) is 0 Å². The van der Waals surface area contributed by atoms with Gasteiger partial charge in [-0.2, -0.15) is 0 Å². The highest BCUT2D eigenvalue weighted by Crippen LogP contribution is 2.44. The number of halogens is 2. The van der Waals surface area contributed by atoms with Gasteiger partial charge in [0, 0.05) is 56.9 Å². The number of carbonyl (C=O) groups excluding carboxylic acids is 1. The zero-order valence-electron chi connectivity index (χ0n) is 14.7. The van der Waals surface area contributed by atoms with Crippen molar-refractivity contribution in [3.05, 3.63) is 18.5 Å². The molecule has 4 rings (SSSR count). The largest absolute Gasteiger partial charge is 0.375 e. The number of amides is 1. The third-order valence-corrected chi connectivity index (χ3v) is 5.82. The van der Waals surface area contributed by atoms with Crippen LogP contribution in [0.25, 0.3) is 0 Å². The predicted molar refractivity (Wildman–Crippen MR) is 90.8 cm³/mol. The summed E-state index contributed by atoms with van der Waals surface area (Å²) in [5.74, 6) is -2.65. The molecule has 1 atom stereocenters. The third-order valence-electron chi connectivity index (χ3n) is 5.82. The highest BCUT2D eigenvalue weighted by Gasteiger charge is 2.51. The fraction of sp³-hybridized carbons (Fsp3) is 0.722. The van der Waals surface area contributed by atoms with E-state index in [0.717, 1.165) is 25.7 Å². The van der Waals surface area contributed by atoms with E-state index in [0.29, 0.717) is 25.6 Å². The number of hydrogen-bond donors (Lipinski definition) is 1. The standard InChI is InChI=1S/C18H24F2N4O2/c19-18(20)10-13(11-18)15(25)24-7-3-17(4-8-24)12-14(2-9-26-17)23-16-21-5-1-6-22-16/h1,5-6,13-14H,2-4,7-12H2,(H,21,22,23). The molecule has 3 aliphatic rings. The van der Waals surface area contributed by atoms with Gasteiger partial charge in [-0.05, 0) is 31.7 Å². The van der Waals surface area contributed by atoms with Crippen molar-refractivity contribution in [3.8, 4) is 0 Å². The van der Waals surface area contributed by atoms with E-state index in [-0.39, 0.29) is 30.4 Å². The first-order chi connectivity index (χ1) is 12.4. The van der Waals surface area contributed by atoms with E-state index in [9.17, 15) is 13.6 Å². The SMILES string of the molecule is O=C(C1CC(F)(F)C1)N1CCC2(CC1)CC(Nc1ncccn1)CCO2. The van der Waals surface area contributed by atoms with Crippen LogP contribution in [0, 0.1) is 5.92 Å². The van der Waals surface area contributed by atoms with E-state index in [2.05, 4.69) is 15.3 Å². The van der Waals surface area contributed by atoms with Gasteiger partial charge in [-0.3, -0.25) is 4.79 Å². The Morgan fingerprint density at radius 2 is 1.88 bits per heavy atom. The van der Waals surface area contributed by atoms with Crippen molar-refractivity contribution in [2.24, 2.45) is 5.92 Å². The molecule has 1 amide bonds. The molecular weight excluding hydrogens is 342 g/mol. The molecule has 1 spiro atoms. The Balaban J connectivity index is 1.31. The molecule has 0 radical (unpaired) electrons. The molecule has 6 nitrogen and oxygen atoms in total. The highest BCUT2D eigenvalue weighted by molar-refractivity contribution is 5.80. The number of ether oxygens (including phenoxy) is 1. The molecule has 0 aromatic carbocycles. The second-order valence-corrected chi connectivity index (χ2v) is 7.72. The van der Waals surface area contributed by atoms with Crippen LogP contribution in [0.2, 0.25) is 0 Å². The monoisotopic (exact) mass is 366 g/mol. The van der Waals surface area contributed by atoms with Gasteiger partial charge in [0.15, 0.2) is 0 Å². The number of rotatable bonds is 3. The molecule has 2 saturated heterocycles. The van der Waals surface area contributed by atoms with Crippen molar-refractivity contribution in [2.45, 2.75) is 56.1 Å². The number of nitrogens with zero attached hydrogens (tertiary/aromatic N) is 3. The lowest BCUT2D eigenvalue weighted by Gasteiger charge is -2.47. The summed E-state index contributed by atoms with van der Waals surface area (Å²) in [6.45, 7) is 1.82. The summed E-state index contributed by atoms with van der Waals surface area (Å²) >= 11 is 0. The van der Waals surface area contributed by atoms with Gasteiger partial charge in [0.2, 0.25) is 17.8 Å². The molecule has 1 aromatic rings. The lowest BCUT2D eigenvalue weighted by atomic mass is 9.78. The Labute approximate surface area is 151 Å². The second kappa shape index (κ2) is 6.72. The van der Waals surface area contributed by atoms with E-state index in [4.69, 9.17) is 4.74 Å². The van der Waals surface area contributed by atoms with Gasteiger partial charge in [-0.15, -0.1) is 0 Å².